The topological polar surface area (TPSA) is 85.3 Å². The molecule has 3 rings (SSSR count). The fourth-order valence-electron chi connectivity index (χ4n) is 2.34. The van der Waals surface area contributed by atoms with Crippen molar-refractivity contribution in [2.75, 3.05) is 0 Å². The van der Waals surface area contributed by atoms with Gasteiger partial charge >= 0.3 is 0 Å². The van der Waals surface area contributed by atoms with Crippen molar-refractivity contribution in [1.82, 2.24) is 19.9 Å². The molecule has 0 radical (unpaired) electrons. The molecule has 19 heavy (non-hydrogen) atoms. The van der Waals surface area contributed by atoms with Gasteiger partial charge in [0.15, 0.2) is 11.5 Å². The Bertz CT molecular complexity index is 616. The fourth-order valence-corrected chi connectivity index (χ4v) is 2.34. The highest BCUT2D eigenvalue weighted by Gasteiger charge is 2.40. The Labute approximate surface area is 111 Å². The number of nitrogens with one attached hydrogen (secondary N) is 1. The molecule has 1 aliphatic rings. The van der Waals surface area contributed by atoms with Gasteiger partial charge in [-0.1, -0.05) is 6.07 Å². The van der Waals surface area contributed by atoms with Gasteiger partial charge in [-0.2, -0.15) is 0 Å². The molecule has 3 N–H and O–H groups in total. The van der Waals surface area contributed by atoms with Gasteiger partial charge in [-0.15, -0.1) is 10.2 Å². The SMILES string of the molecule is CC(NC(=O)C1(N)CCC1)c1nnc2ccccn12. The maximum Gasteiger partial charge on any atom is 0.240 e. The number of carbonyl (C=O) groups excluding carboxylic acids is 1. The summed E-state index contributed by atoms with van der Waals surface area (Å²) in [5.74, 6) is 0.616. The van der Waals surface area contributed by atoms with Crippen molar-refractivity contribution in [2.45, 2.75) is 37.8 Å². The number of hydrogen-bond donors (Lipinski definition) is 2. The van der Waals surface area contributed by atoms with Gasteiger partial charge in [0, 0.05) is 6.20 Å². The van der Waals surface area contributed by atoms with E-state index in [0.29, 0.717) is 5.82 Å². The van der Waals surface area contributed by atoms with Gasteiger partial charge in [0.1, 0.15) is 0 Å². The van der Waals surface area contributed by atoms with Crippen LogP contribution in [-0.4, -0.2) is 26.0 Å². The van der Waals surface area contributed by atoms with Crippen LogP contribution in [0.15, 0.2) is 24.4 Å². The molecule has 1 unspecified atom stereocenters. The second kappa shape index (κ2) is 4.31. The maximum absolute atomic E-state index is 12.1. The highest BCUT2D eigenvalue weighted by molar-refractivity contribution is 5.87. The third-order valence-electron chi connectivity index (χ3n) is 3.77. The van der Waals surface area contributed by atoms with Crippen LogP contribution in [0, 0.1) is 0 Å². The van der Waals surface area contributed by atoms with Crippen LogP contribution >= 0.6 is 0 Å². The number of hydrogen-bond acceptors (Lipinski definition) is 4. The minimum atomic E-state index is -0.686. The van der Waals surface area contributed by atoms with Crippen LogP contribution in [0.4, 0.5) is 0 Å². The molecule has 6 heteroatoms. The van der Waals surface area contributed by atoms with Gasteiger partial charge in [0.05, 0.1) is 11.6 Å². The van der Waals surface area contributed by atoms with E-state index in [-0.39, 0.29) is 11.9 Å². The first kappa shape index (κ1) is 12.1. The van der Waals surface area contributed by atoms with Crippen LogP contribution in [0.1, 0.15) is 38.1 Å². The molecule has 100 valence electrons. The number of pyridine rings is 1. The zero-order chi connectivity index (χ0) is 13.5. The van der Waals surface area contributed by atoms with E-state index in [1.54, 1.807) is 0 Å². The van der Waals surface area contributed by atoms with E-state index in [9.17, 15) is 4.79 Å². The van der Waals surface area contributed by atoms with Gasteiger partial charge in [-0.3, -0.25) is 9.20 Å². The van der Waals surface area contributed by atoms with Crippen LogP contribution in [0.2, 0.25) is 0 Å². The average molecular weight is 259 g/mol. The van der Waals surface area contributed by atoms with Crippen LogP contribution in [0.5, 0.6) is 0 Å². The van der Waals surface area contributed by atoms with Crippen molar-refractivity contribution >= 4 is 11.6 Å². The van der Waals surface area contributed by atoms with Gasteiger partial charge in [-0.25, -0.2) is 0 Å². The lowest BCUT2D eigenvalue weighted by Crippen LogP contribution is -2.58. The van der Waals surface area contributed by atoms with E-state index >= 15 is 0 Å². The summed E-state index contributed by atoms with van der Waals surface area (Å²) in [6, 6.07) is 5.47. The van der Waals surface area contributed by atoms with Crippen molar-refractivity contribution in [3.63, 3.8) is 0 Å². The van der Waals surface area contributed by atoms with E-state index in [2.05, 4.69) is 15.5 Å². The van der Waals surface area contributed by atoms with E-state index < -0.39 is 5.54 Å². The Morgan fingerprint density at radius 2 is 2.26 bits per heavy atom. The highest BCUT2D eigenvalue weighted by atomic mass is 16.2. The van der Waals surface area contributed by atoms with E-state index in [1.807, 2.05) is 35.7 Å². The van der Waals surface area contributed by atoms with Gasteiger partial charge in [0.25, 0.3) is 0 Å². The number of amides is 1. The zero-order valence-electron chi connectivity index (χ0n) is 10.8. The van der Waals surface area contributed by atoms with Crippen LogP contribution in [-0.2, 0) is 4.79 Å². The summed E-state index contributed by atoms with van der Waals surface area (Å²) in [5.41, 5.74) is 6.09. The summed E-state index contributed by atoms with van der Waals surface area (Å²) in [4.78, 5) is 12.1. The van der Waals surface area contributed by atoms with Crippen LogP contribution in [0.25, 0.3) is 5.65 Å². The molecule has 2 aromatic heterocycles. The molecule has 2 heterocycles. The van der Waals surface area contributed by atoms with E-state index in [4.69, 9.17) is 5.73 Å². The predicted octanol–water partition coefficient (Wildman–Crippen LogP) is 0.788. The van der Waals surface area contributed by atoms with Crippen molar-refractivity contribution in [2.24, 2.45) is 5.73 Å². The maximum atomic E-state index is 12.1. The van der Waals surface area contributed by atoms with E-state index in [1.165, 1.54) is 0 Å². The first-order chi connectivity index (χ1) is 9.10. The molecule has 1 amide bonds. The molecule has 1 saturated carbocycles. The molecule has 0 aromatic carbocycles. The zero-order valence-corrected chi connectivity index (χ0v) is 10.8. The Morgan fingerprint density at radius 1 is 1.47 bits per heavy atom. The Balaban J connectivity index is 1.80. The molecule has 2 aromatic rings. The lowest BCUT2D eigenvalue weighted by molar-refractivity contribution is -0.130. The van der Waals surface area contributed by atoms with E-state index in [0.717, 1.165) is 24.9 Å². The number of carbonyl (C=O) groups is 1. The van der Waals surface area contributed by atoms with Crippen LogP contribution < -0.4 is 11.1 Å². The molecular weight excluding hydrogens is 242 g/mol. The standard InChI is InChI=1S/C13H17N5O/c1-9(15-12(19)13(14)6-4-7-13)11-17-16-10-5-2-3-8-18(10)11/h2-3,5,8-9H,4,6-7,14H2,1H3,(H,15,19). The normalized spacial score (nSPS) is 18.8. The Kier molecular flexibility index (Phi) is 2.74. The van der Waals surface area contributed by atoms with Gasteiger partial charge in [0.2, 0.25) is 5.91 Å². The number of nitrogens with two attached hydrogens (primary N) is 1. The second-order valence-electron chi connectivity index (χ2n) is 5.19. The number of aromatic nitrogens is 3. The Morgan fingerprint density at radius 3 is 2.95 bits per heavy atom. The number of rotatable bonds is 3. The molecule has 0 aliphatic heterocycles. The average Bonchev–Trinajstić information content (AvgIpc) is 2.79. The lowest BCUT2D eigenvalue weighted by atomic mass is 9.77. The minimum Gasteiger partial charge on any atom is -0.345 e. The quantitative estimate of drug-likeness (QED) is 0.853. The summed E-state index contributed by atoms with van der Waals surface area (Å²) < 4.78 is 1.87. The first-order valence-corrected chi connectivity index (χ1v) is 6.50. The molecule has 1 atom stereocenters. The molecule has 0 spiro atoms. The number of nitrogens with zero attached hydrogens (tertiary/aromatic N) is 3. The monoisotopic (exact) mass is 259 g/mol. The molecule has 0 bridgehead atoms. The Hall–Kier alpha value is -1.95. The molecule has 1 aliphatic carbocycles. The highest BCUT2D eigenvalue weighted by Crippen LogP contribution is 2.29. The smallest absolute Gasteiger partial charge is 0.240 e. The summed E-state index contributed by atoms with van der Waals surface area (Å²) in [6.07, 6.45) is 4.42. The molecule has 0 saturated heterocycles. The van der Waals surface area contributed by atoms with Crippen molar-refractivity contribution < 1.29 is 4.79 Å². The van der Waals surface area contributed by atoms with Crippen LogP contribution in [0.3, 0.4) is 0 Å². The van der Waals surface area contributed by atoms with Gasteiger partial charge < -0.3 is 11.1 Å². The van der Waals surface area contributed by atoms with Crippen molar-refractivity contribution in [1.29, 1.82) is 0 Å². The first-order valence-electron chi connectivity index (χ1n) is 6.50. The second-order valence-corrected chi connectivity index (χ2v) is 5.19. The van der Waals surface area contributed by atoms with Crippen molar-refractivity contribution in [3.8, 4) is 0 Å². The summed E-state index contributed by atoms with van der Waals surface area (Å²) in [7, 11) is 0. The summed E-state index contributed by atoms with van der Waals surface area (Å²) >= 11 is 0. The van der Waals surface area contributed by atoms with Gasteiger partial charge in [-0.05, 0) is 38.3 Å². The molecule has 6 nitrogen and oxygen atoms in total. The molecule has 1 fully saturated rings. The number of fused-ring (bicyclic) bond motifs is 1. The van der Waals surface area contributed by atoms with Crippen molar-refractivity contribution in [3.05, 3.63) is 30.2 Å². The lowest BCUT2D eigenvalue weighted by Gasteiger charge is -2.36. The molecular formula is C13H17N5O. The predicted molar refractivity (Wildman–Crippen MR) is 70.3 cm³/mol. The fraction of sp³-hybridized carbons (Fsp3) is 0.462. The summed E-state index contributed by atoms with van der Waals surface area (Å²) in [6.45, 7) is 1.89. The third-order valence-corrected chi connectivity index (χ3v) is 3.77. The third kappa shape index (κ3) is 1.98. The minimum absolute atomic E-state index is 0.0982. The summed E-state index contributed by atoms with van der Waals surface area (Å²) in [5, 5.41) is 11.1. The largest absolute Gasteiger partial charge is 0.345 e.